The minimum Gasteiger partial charge on any atom is -0.273 e. The smallest absolute Gasteiger partial charge is 0.273 e. The topological polar surface area (TPSA) is 92.3 Å². The zero-order valence-corrected chi connectivity index (χ0v) is 13.7. The molecule has 4 amide bonds. The predicted octanol–water partition coefficient (Wildman–Crippen LogP) is 2.00. The lowest BCUT2D eigenvalue weighted by molar-refractivity contribution is -0.122. The van der Waals surface area contributed by atoms with Gasteiger partial charge in [0.25, 0.3) is 11.8 Å². The number of hydrogen-bond donors (Lipinski definition) is 1. The Morgan fingerprint density at radius 1 is 1.20 bits per heavy atom. The molecule has 0 aliphatic carbocycles. The summed E-state index contributed by atoms with van der Waals surface area (Å²) in [6.07, 6.45) is 6.00. The summed E-state index contributed by atoms with van der Waals surface area (Å²) in [5, 5.41) is 2.60. The molecule has 25 heavy (non-hydrogen) atoms. The number of anilines is 1. The lowest BCUT2D eigenvalue weighted by atomic mass is 10.1. The van der Waals surface area contributed by atoms with Crippen molar-refractivity contribution in [2.45, 2.75) is 5.16 Å². The third-order valence-corrected chi connectivity index (χ3v) is 3.89. The maximum absolute atomic E-state index is 13.4. The zero-order chi connectivity index (χ0) is 18.0. The number of nitrogens with zero attached hydrogens (tertiary/aromatic N) is 3. The number of hydrogen-bond acceptors (Lipinski definition) is 6. The number of nitrogens with one attached hydrogen (secondary N) is 1. The van der Waals surface area contributed by atoms with Gasteiger partial charge in [-0.1, -0.05) is 17.8 Å². The van der Waals surface area contributed by atoms with Gasteiger partial charge in [-0.15, -0.1) is 0 Å². The molecule has 0 bridgehead atoms. The van der Waals surface area contributed by atoms with Crippen molar-refractivity contribution in [3.05, 3.63) is 53.6 Å². The summed E-state index contributed by atoms with van der Waals surface area (Å²) in [6.45, 7) is 0. The fourth-order valence-corrected chi connectivity index (χ4v) is 2.50. The minimum atomic E-state index is -0.938. The molecule has 126 valence electrons. The number of benzene rings is 1. The second-order valence-corrected chi connectivity index (χ2v) is 5.71. The molecule has 0 radical (unpaired) electrons. The van der Waals surface area contributed by atoms with E-state index >= 15 is 0 Å². The molecule has 1 aliphatic heterocycles. The molecule has 1 fully saturated rings. The summed E-state index contributed by atoms with van der Waals surface area (Å²) >= 11 is 1.35. The van der Waals surface area contributed by atoms with Crippen LogP contribution in [0.1, 0.15) is 5.56 Å². The summed E-state index contributed by atoms with van der Waals surface area (Å²) in [4.78, 5) is 45.4. The second-order valence-electron chi connectivity index (χ2n) is 4.94. The second kappa shape index (κ2) is 6.81. The van der Waals surface area contributed by atoms with Crippen molar-refractivity contribution in [1.29, 1.82) is 0 Å². The third kappa shape index (κ3) is 3.41. The van der Waals surface area contributed by atoms with Crippen LogP contribution in [0.2, 0.25) is 0 Å². The number of halogens is 1. The summed E-state index contributed by atoms with van der Waals surface area (Å²) < 4.78 is 13.4. The van der Waals surface area contributed by atoms with Gasteiger partial charge in [0.05, 0.1) is 5.69 Å². The van der Waals surface area contributed by atoms with Crippen molar-refractivity contribution >= 4 is 41.4 Å². The van der Waals surface area contributed by atoms with Gasteiger partial charge in [0.15, 0.2) is 5.16 Å². The molecular formula is C16H11FN4O3S. The highest BCUT2D eigenvalue weighted by Gasteiger charge is 2.36. The van der Waals surface area contributed by atoms with Crippen molar-refractivity contribution in [2.24, 2.45) is 0 Å². The first-order valence-corrected chi connectivity index (χ1v) is 8.25. The number of carbonyl (C=O) groups is 3. The van der Waals surface area contributed by atoms with Crippen LogP contribution in [-0.2, 0) is 9.59 Å². The number of imide groups is 2. The number of amides is 4. The first-order valence-electron chi connectivity index (χ1n) is 7.02. The number of urea groups is 1. The minimum absolute atomic E-state index is 0.0230. The Morgan fingerprint density at radius 2 is 1.92 bits per heavy atom. The molecule has 9 heteroatoms. The SMILES string of the molecule is CSc1ncc(/C=C2\C(=O)NC(=O)N(c3cccc(F)c3)C2=O)cn1. The van der Waals surface area contributed by atoms with Crippen LogP contribution in [0.15, 0.2) is 47.4 Å². The van der Waals surface area contributed by atoms with E-state index in [0.29, 0.717) is 15.6 Å². The molecule has 1 saturated heterocycles. The molecule has 1 aliphatic rings. The molecule has 1 aromatic heterocycles. The molecule has 0 saturated carbocycles. The van der Waals surface area contributed by atoms with Crippen molar-refractivity contribution in [2.75, 3.05) is 11.2 Å². The van der Waals surface area contributed by atoms with Crippen molar-refractivity contribution < 1.29 is 18.8 Å². The van der Waals surface area contributed by atoms with E-state index in [-0.39, 0.29) is 11.3 Å². The van der Waals surface area contributed by atoms with Crippen LogP contribution in [0.4, 0.5) is 14.9 Å². The maximum atomic E-state index is 13.4. The molecule has 2 heterocycles. The van der Waals surface area contributed by atoms with Crippen molar-refractivity contribution in [3.8, 4) is 0 Å². The summed E-state index contributed by atoms with van der Waals surface area (Å²) in [6, 6.07) is 4.03. The summed E-state index contributed by atoms with van der Waals surface area (Å²) in [5.41, 5.74) is 0.170. The Kier molecular flexibility index (Phi) is 4.57. The number of rotatable bonds is 3. The third-order valence-electron chi connectivity index (χ3n) is 3.31. The van der Waals surface area contributed by atoms with Gasteiger partial charge in [-0.25, -0.2) is 24.1 Å². The van der Waals surface area contributed by atoms with Crippen LogP contribution in [0.3, 0.4) is 0 Å². The van der Waals surface area contributed by atoms with Crippen LogP contribution in [0, 0.1) is 5.82 Å². The van der Waals surface area contributed by atoms with Gasteiger partial charge in [-0.05, 0) is 30.5 Å². The van der Waals surface area contributed by atoms with E-state index in [0.717, 1.165) is 6.07 Å². The van der Waals surface area contributed by atoms with Crippen LogP contribution in [0.25, 0.3) is 6.08 Å². The van der Waals surface area contributed by atoms with Crippen molar-refractivity contribution in [3.63, 3.8) is 0 Å². The summed E-state index contributed by atoms with van der Waals surface area (Å²) in [7, 11) is 0. The molecule has 1 N–H and O–H groups in total. The predicted molar refractivity (Wildman–Crippen MR) is 89.2 cm³/mol. The van der Waals surface area contributed by atoms with Crippen molar-refractivity contribution in [1.82, 2.24) is 15.3 Å². The quantitative estimate of drug-likeness (QED) is 0.390. The van der Waals surface area contributed by atoms with Crippen LogP contribution >= 0.6 is 11.8 Å². The van der Waals surface area contributed by atoms with Gasteiger partial charge in [0.1, 0.15) is 11.4 Å². The number of carbonyl (C=O) groups excluding carboxylic acids is 3. The normalized spacial score (nSPS) is 16.3. The van der Waals surface area contributed by atoms with E-state index in [1.54, 1.807) is 0 Å². The van der Waals surface area contributed by atoms with Gasteiger partial charge in [-0.2, -0.15) is 0 Å². The highest BCUT2D eigenvalue weighted by molar-refractivity contribution is 7.98. The lowest BCUT2D eigenvalue weighted by Gasteiger charge is -2.26. The van der Waals surface area contributed by atoms with E-state index in [1.807, 2.05) is 6.26 Å². The Morgan fingerprint density at radius 3 is 2.56 bits per heavy atom. The van der Waals surface area contributed by atoms with E-state index in [2.05, 4.69) is 15.3 Å². The molecule has 3 rings (SSSR count). The average molecular weight is 358 g/mol. The monoisotopic (exact) mass is 358 g/mol. The van der Waals surface area contributed by atoms with Gasteiger partial charge in [-0.3, -0.25) is 14.9 Å². The van der Waals surface area contributed by atoms with Gasteiger partial charge in [0.2, 0.25) is 0 Å². The first kappa shape index (κ1) is 16.8. The number of aromatic nitrogens is 2. The van der Waals surface area contributed by atoms with Gasteiger partial charge >= 0.3 is 6.03 Å². The highest BCUT2D eigenvalue weighted by atomic mass is 32.2. The maximum Gasteiger partial charge on any atom is 0.335 e. The van der Waals surface area contributed by atoms with E-state index in [9.17, 15) is 18.8 Å². The fraction of sp³-hybridized carbons (Fsp3) is 0.0625. The van der Waals surface area contributed by atoms with Crippen LogP contribution in [-0.4, -0.2) is 34.1 Å². The van der Waals surface area contributed by atoms with Gasteiger partial charge in [0, 0.05) is 18.0 Å². The zero-order valence-electron chi connectivity index (χ0n) is 12.9. The average Bonchev–Trinajstić information content (AvgIpc) is 2.59. The van der Waals surface area contributed by atoms with E-state index < -0.39 is 23.7 Å². The summed E-state index contributed by atoms with van der Waals surface area (Å²) in [5.74, 6) is -2.30. The standard InChI is InChI=1S/C16H11FN4O3S/c1-25-15-18-7-9(8-19-15)5-12-13(22)20-16(24)21(14(12)23)11-4-2-3-10(17)6-11/h2-8H,1H3,(H,20,22,24)/b12-5+. The Bertz CT molecular complexity index is 899. The molecule has 0 spiro atoms. The number of barbiturate groups is 1. The molecule has 2 aromatic rings. The fourth-order valence-electron chi connectivity index (χ4n) is 2.18. The van der Waals surface area contributed by atoms with Crippen LogP contribution in [0.5, 0.6) is 0 Å². The Hall–Kier alpha value is -3.07. The molecule has 7 nitrogen and oxygen atoms in total. The van der Waals surface area contributed by atoms with E-state index in [1.165, 1.54) is 48.4 Å². The van der Waals surface area contributed by atoms with Crippen LogP contribution < -0.4 is 10.2 Å². The molecule has 0 atom stereocenters. The molecular weight excluding hydrogens is 347 g/mol. The molecule has 1 aromatic carbocycles. The molecule has 0 unspecified atom stereocenters. The largest absolute Gasteiger partial charge is 0.335 e. The van der Waals surface area contributed by atoms with E-state index in [4.69, 9.17) is 0 Å². The first-order chi connectivity index (χ1) is 12.0. The Balaban J connectivity index is 1.98. The number of thioether (sulfide) groups is 1. The van der Waals surface area contributed by atoms with Gasteiger partial charge < -0.3 is 0 Å². The lowest BCUT2D eigenvalue weighted by Crippen LogP contribution is -2.54. The Labute approximate surface area is 146 Å². The highest BCUT2D eigenvalue weighted by Crippen LogP contribution is 2.22.